The molecule has 1 aliphatic carbocycles. The van der Waals surface area contributed by atoms with Crippen LogP contribution in [0.3, 0.4) is 0 Å². The molecule has 1 aromatic heterocycles. The van der Waals surface area contributed by atoms with Crippen molar-refractivity contribution >= 4 is 17.3 Å². The Bertz CT molecular complexity index is 786. The second-order valence-corrected chi connectivity index (χ2v) is 6.11. The molecule has 1 aromatic carbocycles. The topological polar surface area (TPSA) is 91.2 Å². The fourth-order valence-corrected chi connectivity index (χ4v) is 2.94. The molecule has 0 bridgehead atoms. The van der Waals surface area contributed by atoms with E-state index >= 15 is 0 Å². The first-order valence-corrected chi connectivity index (χ1v) is 8.96. The maximum absolute atomic E-state index is 12.0. The van der Waals surface area contributed by atoms with Crippen LogP contribution in [0.5, 0.6) is 0 Å². The molecule has 1 saturated carbocycles. The Balaban J connectivity index is 0.000000880. The van der Waals surface area contributed by atoms with Crippen molar-refractivity contribution in [1.82, 2.24) is 10.2 Å². The third-order valence-corrected chi connectivity index (χ3v) is 4.33. The number of aromatic amines is 1. The quantitative estimate of drug-likeness (QED) is 0.889. The fourth-order valence-electron chi connectivity index (χ4n) is 2.94. The van der Waals surface area contributed by atoms with Crippen molar-refractivity contribution in [1.29, 1.82) is 0 Å². The van der Waals surface area contributed by atoms with Gasteiger partial charge in [-0.05, 0) is 43.9 Å². The van der Waals surface area contributed by atoms with Gasteiger partial charge in [0.25, 0.3) is 5.89 Å². The van der Waals surface area contributed by atoms with E-state index in [1.54, 1.807) is 0 Å². The van der Waals surface area contributed by atoms with Gasteiger partial charge in [0.05, 0.1) is 11.3 Å². The van der Waals surface area contributed by atoms with E-state index < -0.39 is 5.76 Å². The summed E-state index contributed by atoms with van der Waals surface area (Å²) in [6.45, 7) is 5.89. The van der Waals surface area contributed by atoms with E-state index in [4.69, 9.17) is 4.42 Å². The van der Waals surface area contributed by atoms with Gasteiger partial charge in [0.2, 0.25) is 5.91 Å². The van der Waals surface area contributed by atoms with Crippen LogP contribution in [-0.2, 0) is 4.79 Å². The van der Waals surface area contributed by atoms with Crippen LogP contribution in [0.1, 0.15) is 39.5 Å². The lowest BCUT2D eigenvalue weighted by atomic mass is 10.1. The molecule has 1 aliphatic heterocycles. The third-order valence-electron chi connectivity index (χ3n) is 4.33. The first-order chi connectivity index (χ1) is 12.2. The fraction of sp³-hybridized carbons (Fsp3) is 0.500. The minimum absolute atomic E-state index is 0.0800. The molecule has 2 fully saturated rings. The summed E-state index contributed by atoms with van der Waals surface area (Å²) in [5.41, 5.74) is 2.46. The molecular formula is C18H24N4O3. The molecule has 0 radical (unpaired) electrons. The number of amides is 1. The molecular weight excluding hydrogens is 320 g/mol. The molecule has 0 atom stereocenters. The van der Waals surface area contributed by atoms with Gasteiger partial charge >= 0.3 is 5.76 Å². The van der Waals surface area contributed by atoms with Gasteiger partial charge in [-0.2, -0.15) is 0 Å². The lowest BCUT2D eigenvalue weighted by molar-refractivity contribution is -0.117. The summed E-state index contributed by atoms with van der Waals surface area (Å²) in [5.74, 6) is -0.0545. The first-order valence-electron chi connectivity index (χ1n) is 8.96. The summed E-state index contributed by atoms with van der Waals surface area (Å²) in [6, 6.07) is 5.61. The average molecular weight is 344 g/mol. The highest BCUT2D eigenvalue weighted by Crippen LogP contribution is 2.35. The number of hydrogen-bond donors (Lipinski definition) is 2. The molecule has 2 aliphatic rings. The highest BCUT2D eigenvalue weighted by molar-refractivity contribution is 5.95. The number of benzene rings is 1. The summed E-state index contributed by atoms with van der Waals surface area (Å²) in [7, 11) is 0. The second kappa shape index (κ2) is 7.55. The first kappa shape index (κ1) is 17.3. The van der Waals surface area contributed by atoms with Gasteiger partial charge in [0, 0.05) is 24.7 Å². The molecule has 4 rings (SSSR count). The number of anilines is 2. The monoisotopic (exact) mass is 344 g/mol. The molecule has 0 spiro atoms. The number of carbonyl (C=O) groups is 1. The lowest BCUT2D eigenvalue weighted by Gasteiger charge is -2.21. The normalized spacial score (nSPS) is 16.3. The number of carbonyl (C=O) groups excluding carboxylic acids is 1. The third kappa shape index (κ3) is 3.92. The molecule has 25 heavy (non-hydrogen) atoms. The Morgan fingerprint density at radius 1 is 1.28 bits per heavy atom. The van der Waals surface area contributed by atoms with E-state index in [2.05, 4.69) is 20.4 Å². The van der Waals surface area contributed by atoms with Crippen LogP contribution in [0, 0.1) is 5.92 Å². The number of H-pyrrole nitrogens is 1. The van der Waals surface area contributed by atoms with Gasteiger partial charge in [-0.25, -0.2) is 9.89 Å². The molecule has 7 heteroatoms. The predicted molar refractivity (Wildman–Crippen MR) is 96.7 cm³/mol. The van der Waals surface area contributed by atoms with Crippen LogP contribution in [-0.4, -0.2) is 29.2 Å². The maximum atomic E-state index is 12.0. The molecule has 2 aromatic rings. The van der Waals surface area contributed by atoms with Crippen LogP contribution in [0.15, 0.2) is 27.4 Å². The van der Waals surface area contributed by atoms with Crippen molar-refractivity contribution in [3.05, 3.63) is 28.7 Å². The summed E-state index contributed by atoms with van der Waals surface area (Å²) in [4.78, 5) is 25.4. The Labute approximate surface area is 146 Å². The van der Waals surface area contributed by atoms with E-state index in [1.807, 2.05) is 32.0 Å². The van der Waals surface area contributed by atoms with Crippen LogP contribution in [0.4, 0.5) is 11.4 Å². The van der Waals surface area contributed by atoms with Gasteiger partial charge < -0.3 is 14.6 Å². The summed E-state index contributed by atoms with van der Waals surface area (Å²) < 4.78 is 5.10. The van der Waals surface area contributed by atoms with Crippen molar-refractivity contribution in [2.24, 2.45) is 5.92 Å². The maximum Gasteiger partial charge on any atom is 0.434 e. The lowest BCUT2D eigenvalue weighted by Crippen LogP contribution is -2.19. The molecule has 0 unspecified atom stereocenters. The molecule has 7 nitrogen and oxygen atoms in total. The predicted octanol–water partition coefficient (Wildman–Crippen LogP) is 3.00. The van der Waals surface area contributed by atoms with Crippen molar-refractivity contribution < 1.29 is 9.21 Å². The van der Waals surface area contributed by atoms with Gasteiger partial charge in [-0.15, -0.1) is 5.10 Å². The van der Waals surface area contributed by atoms with Crippen molar-refractivity contribution in [3.63, 3.8) is 0 Å². The summed E-state index contributed by atoms with van der Waals surface area (Å²) in [6.07, 6.45) is 4.20. The Morgan fingerprint density at radius 3 is 2.60 bits per heavy atom. The number of rotatable bonds is 4. The average Bonchev–Trinajstić information content (AvgIpc) is 3.17. The van der Waals surface area contributed by atoms with Gasteiger partial charge in [-0.1, -0.05) is 13.8 Å². The zero-order valence-electron chi connectivity index (χ0n) is 14.7. The van der Waals surface area contributed by atoms with E-state index in [0.29, 0.717) is 0 Å². The number of nitrogens with one attached hydrogen (secondary N) is 2. The standard InChI is InChI=1S/C16H18N4O3.C2H6/c21-14(10-3-4-10)17-11-5-6-12(15-18-19-16(22)23-15)13(9-11)20-7-1-2-8-20;1-2/h5-6,9-10H,1-4,7-8H2,(H,17,21)(H,19,22);1-2H3. The molecule has 1 amide bonds. The number of aromatic nitrogens is 2. The van der Waals surface area contributed by atoms with Gasteiger partial charge in [0.1, 0.15) is 0 Å². The van der Waals surface area contributed by atoms with Crippen LogP contribution < -0.4 is 16.0 Å². The Morgan fingerprint density at radius 2 is 2.00 bits per heavy atom. The summed E-state index contributed by atoms with van der Waals surface area (Å²) >= 11 is 0. The van der Waals surface area contributed by atoms with E-state index in [1.165, 1.54) is 0 Å². The largest absolute Gasteiger partial charge is 0.434 e. The van der Waals surface area contributed by atoms with Crippen molar-refractivity contribution in [3.8, 4) is 11.5 Å². The van der Waals surface area contributed by atoms with Crippen molar-refractivity contribution in [2.45, 2.75) is 39.5 Å². The zero-order valence-corrected chi connectivity index (χ0v) is 14.7. The highest BCUT2D eigenvalue weighted by Gasteiger charge is 2.30. The van der Waals surface area contributed by atoms with E-state index in [9.17, 15) is 9.59 Å². The van der Waals surface area contributed by atoms with E-state index in [0.717, 1.165) is 55.7 Å². The zero-order chi connectivity index (χ0) is 17.8. The van der Waals surface area contributed by atoms with Crippen molar-refractivity contribution in [2.75, 3.05) is 23.3 Å². The Kier molecular flexibility index (Phi) is 5.21. The highest BCUT2D eigenvalue weighted by atomic mass is 16.4. The minimum Gasteiger partial charge on any atom is -0.388 e. The minimum atomic E-state index is -0.571. The molecule has 2 N–H and O–H groups in total. The Hall–Kier alpha value is -2.57. The van der Waals surface area contributed by atoms with Gasteiger partial charge in [0.15, 0.2) is 0 Å². The molecule has 1 saturated heterocycles. The smallest absolute Gasteiger partial charge is 0.388 e. The van der Waals surface area contributed by atoms with Crippen LogP contribution in [0.2, 0.25) is 0 Å². The van der Waals surface area contributed by atoms with Gasteiger partial charge in [-0.3, -0.25) is 4.79 Å². The molecule has 2 heterocycles. The molecule has 134 valence electrons. The van der Waals surface area contributed by atoms with Crippen LogP contribution in [0.25, 0.3) is 11.5 Å². The van der Waals surface area contributed by atoms with Crippen LogP contribution >= 0.6 is 0 Å². The SMILES string of the molecule is CC.O=C(Nc1ccc(-c2n[nH]c(=O)o2)c(N2CCCC2)c1)C1CC1. The number of hydrogen-bond acceptors (Lipinski definition) is 5. The summed E-state index contributed by atoms with van der Waals surface area (Å²) in [5, 5.41) is 9.19. The number of nitrogens with zero attached hydrogens (tertiary/aromatic N) is 2. The van der Waals surface area contributed by atoms with E-state index in [-0.39, 0.29) is 17.7 Å². The second-order valence-electron chi connectivity index (χ2n) is 6.11.